The molecule has 25 heavy (non-hydrogen) atoms. The van der Waals surface area contributed by atoms with E-state index in [4.69, 9.17) is 4.74 Å². The third kappa shape index (κ3) is 3.26. The molecule has 2 heterocycles. The molecule has 0 radical (unpaired) electrons. The summed E-state index contributed by atoms with van der Waals surface area (Å²) in [6.07, 6.45) is 2.99. The zero-order valence-electron chi connectivity index (χ0n) is 16.4. The average Bonchev–Trinajstić information content (AvgIpc) is 2.93. The maximum absolute atomic E-state index is 5.73. The monoisotopic (exact) mass is 348 g/mol. The number of aliphatic imine (C=N–C) groups is 1. The number of nitrogens with one attached hydrogen (secondary N) is 2. The van der Waals surface area contributed by atoms with Gasteiger partial charge in [0.05, 0.1) is 12.1 Å². The number of nitrogens with zero attached hydrogens (tertiary/aromatic N) is 4. The van der Waals surface area contributed by atoms with Crippen LogP contribution in [-0.2, 0) is 17.7 Å². The molecule has 1 aromatic rings. The Morgan fingerprint density at radius 3 is 2.76 bits per heavy atom. The third-order valence-corrected chi connectivity index (χ3v) is 6.21. The predicted molar refractivity (Wildman–Crippen MR) is 98.7 cm³/mol. The topological polar surface area (TPSA) is 76.4 Å². The van der Waals surface area contributed by atoms with Crippen molar-refractivity contribution in [3.05, 3.63) is 11.6 Å². The zero-order chi connectivity index (χ0) is 18.2. The minimum absolute atomic E-state index is 0.0562. The van der Waals surface area contributed by atoms with Crippen LogP contribution in [0, 0.1) is 12.3 Å². The van der Waals surface area contributed by atoms with Gasteiger partial charge in [-0.2, -0.15) is 5.10 Å². The van der Waals surface area contributed by atoms with Gasteiger partial charge in [-0.1, -0.05) is 13.8 Å². The lowest BCUT2D eigenvalue weighted by Gasteiger charge is -2.59. The fourth-order valence-corrected chi connectivity index (χ4v) is 3.92. The Kier molecular flexibility index (Phi) is 4.79. The molecule has 2 aliphatic rings. The number of hydrogen-bond donors (Lipinski definition) is 2. The van der Waals surface area contributed by atoms with Crippen molar-refractivity contribution >= 4 is 5.96 Å². The Hall–Kier alpha value is -1.63. The van der Waals surface area contributed by atoms with Crippen molar-refractivity contribution in [3.63, 3.8) is 0 Å². The van der Waals surface area contributed by atoms with E-state index >= 15 is 0 Å². The quantitative estimate of drug-likeness (QED) is 0.639. The summed E-state index contributed by atoms with van der Waals surface area (Å²) in [5.74, 6) is 2.84. The van der Waals surface area contributed by atoms with E-state index in [0.717, 1.165) is 50.0 Å². The lowest BCUT2D eigenvalue weighted by atomic mass is 9.56. The van der Waals surface area contributed by atoms with E-state index in [-0.39, 0.29) is 11.0 Å². The minimum Gasteiger partial charge on any atom is -0.378 e. The molecule has 1 saturated carbocycles. The van der Waals surface area contributed by atoms with Crippen molar-refractivity contribution in [1.82, 2.24) is 25.4 Å². The van der Waals surface area contributed by atoms with Crippen molar-refractivity contribution in [2.75, 3.05) is 13.7 Å². The van der Waals surface area contributed by atoms with Crippen LogP contribution in [0.2, 0.25) is 0 Å². The molecular formula is C18H32N6O. The van der Waals surface area contributed by atoms with Gasteiger partial charge in [-0.15, -0.1) is 0 Å². The lowest BCUT2D eigenvalue weighted by molar-refractivity contribution is -0.176. The van der Waals surface area contributed by atoms with Crippen molar-refractivity contribution in [3.8, 4) is 0 Å². The van der Waals surface area contributed by atoms with Crippen LogP contribution in [0.4, 0.5) is 0 Å². The smallest absolute Gasteiger partial charge is 0.191 e. The number of fused-ring (bicyclic) bond motifs is 1. The van der Waals surface area contributed by atoms with E-state index in [1.54, 1.807) is 7.11 Å². The Morgan fingerprint density at radius 1 is 1.36 bits per heavy atom. The Morgan fingerprint density at radius 2 is 2.12 bits per heavy atom. The van der Waals surface area contributed by atoms with E-state index in [2.05, 4.69) is 53.4 Å². The van der Waals surface area contributed by atoms with Crippen molar-refractivity contribution in [2.24, 2.45) is 10.4 Å². The number of rotatable bonds is 4. The molecule has 1 fully saturated rings. The molecule has 140 valence electrons. The first-order valence-corrected chi connectivity index (χ1v) is 9.32. The highest BCUT2D eigenvalue weighted by atomic mass is 16.5. The molecule has 1 aliphatic heterocycles. The van der Waals surface area contributed by atoms with Gasteiger partial charge in [0.15, 0.2) is 5.96 Å². The second kappa shape index (κ2) is 6.59. The average molecular weight is 348 g/mol. The summed E-state index contributed by atoms with van der Waals surface area (Å²) in [6, 6.07) is 0.673. The summed E-state index contributed by atoms with van der Waals surface area (Å²) in [4.78, 5) is 9.13. The van der Waals surface area contributed by atoms with Crippen LogP contribution in [0.1, 0.15) is 52.2 Å². The van der Waals surface area contributed by atoms with Crippen LogP contribution >= 0.6 is 0 Å². The number of aryl methyl sites for hydroxylation is 2. The molecule has 0 spiro atoms. The van der Waals surface area contributed by atoms with Gasteiger partial charge in [0.1, 0.15) is 11.6 Å². The number of hydrogen-bond acceptors (Lipinski definition) is 4. The number of guanidine groups is 1. The van der Waals surface area contributed by atoms with Gasteiger partial charge >= 0.3 is 0 Å². The first kappa shape index (κ1) is 18.2. The van der Waals surface area contributed by atoms with Crippen molar-refractivity contribution in [1.29, 1.82) is 0 Å². The highest BCUT2D eigenvalue weighted by Crippen LogP contribution is 2.51. The van der Waals surface area contributed by atoms with Gasteiger partial charge in [0.2, 0.25) is 0 Å². The molecule has 1 aliphatic carbocycles. The van der Waals surface area contributed by atoms with Crippen LogP contribution in [-0.4, -0.2) is 52.1 Å². The molecule has 0 aromatic carbocycles. The molecule has 2 N–H and O–H groups in total. The summed E-state index contributed by atoms with van der Waals surface area (Å²) in [5, 5.41) is 11.7. The Balaban J connectivity index is 1.63. The van der Waals surface area contributed by atoms with E-state index in [1.165, 1.54) is 0 Å². The second-order valence-corrected chi connectivity index (χ2v) is 8.02. The second-order valence-electron chi connectivity index (χ2n) is 8.02. The molecule has 0 bridgehead atoms. The van der Waals surface area contributed by atoms with E-state index in [9.17, 15) is 0 Å². The largest absolute Gasteiger partial charge is 0.378 e. The van der Waals surface area contributed by atoms with Crippen LogP contribution < -0.4 is 10.6 Å². The molecule has 3 atom stereocenters. The number of ether oxygens (including phenoxy) is 1. The molecule has 3 unspecified atom stereocenters. The minimum atomic E-state index is -0.0833. The Bertz CT molecular complexity index is 652. The van der Waals surface area contributed by atoms with Gasteiger partial charge in [-0.05, 0) is 33.6 Å². The van der Waals surface area contributed by atoms with Gasteiger partial charge < -0.3 is 15.4 Å². The molecule has 1 aromatic heterocycles. The van der Waals surface area contributed by atoms with E-state index in [0.29, 0.717) is 12.1 Å². The van der Waals surface area contributed by atoms with Gasteiger partial charge in [-0.25, -0.2) is 9.67 Å². The van der Waals surface area contributed by atoms with Gasteiger partial charge in [-0.3, -0.25) is 4.99 Å². The summed E-state index contributed by atoms with van der Waals surface area (Å²) in [5.41, 5.74) is -0.0271. The summed E-state index contributed by atoms with van der Waals surface area (Å²) >= 11 is 0. The zero-order valence-corrected chi connectivity index (χ0v) is 16.4. The normalized spacial score (nSPS) is 31.2. The van der Waals surface area contributed by atoms with Crippen molar-refractivity contribution < 1.29 is 4.74 Å². The van der Waals surface area contributed by atoms with Gasteiger partial charge in [0, 0.05) is 37.6 Å². The highest BCUT2D eigenvalue weighted by Gasteiger charge is 2.58. The lowest BCUT2D eigenvalue weighted by Crippen LogP contribution is -2.70. The maximum atomic E-state index is 5.73. The molecule has 0 amide bonds. The van der Waals surface area contributed by atoms with Crippen molar-refractivity contribution in [2.45, 2.75) is 78.1 Å². The molecule has 3 rings (SSSR count). The fraction of sp³-hybridized carbons (Fsp3) is 0.833. The molecule has 7 heteroatoms. The number of methoxy groups -OCH3 is 1. The summed E-state index contributed by atoms with van der Waals surface area (Å²) < 4.78 is 7.76. The first-order valence-electron chi connectivity index (χ1n) is 9.32. The first-order chi connectivity index (χ1) is 11.8. The fourth-order valence-electron chi connectivity index (χ4n) is 3.92. The molecular weight excluding hydrogens is 316 g/mol. The van der Waals surface area contributed by atoms with Crippen LogP contribution in [0.5, 0.6) is 0 Å². The van der Waals surface area contributed by atoms with Gasteiger partial charge in [0.25, 0.3) is 0 Å². The molecule has 0 saturated heterocycles. The third-order valence-electron chi connectivity index (χ3n) is 6.21. The summed E-state index contributed by atoms with van der Waals surface area (Å²) in [7, 11) is 1.80. The van der Waals surface area contributed by atoms with Crippen LogP contribution in [0.3, 0.4) is 0 Å². The molecule has 7 nitrogen and oxygen atoms in total. The van der Waals surface area contributed by atoms with E-state index < -0.39 is 0 Å². The predicted octanol–water partition coefficient (Wildman–Crippen LogP) is 1.66. The Labute approximate surface area is 150 Å². The highest BCUT2D eigenvalue weighted by molar-refractivity contribution is 5.80. The van der Waals surface area contributed by atoms with E-state index in [1.807, 2.05) is 11.6 Å². The SMILES string of the molecule is CCN=C(NC1CCc2nc(C)nn2C1)NC1CC(C)(OC)C1(C)C. The number of aromatic nitrogens is 3. The summed E-state index contributed by atoms with van der Waals surface area (Å²) in [6.45, 7) is 12.3. The van der Waals surface area contributed by atoms with Crippen LogP contribution in [0.25, 0.3) is 0 Å². The maximum Gasteiger partial charge on any atom is 0.191 e. The van der Waals surface area contributed by atoms with Crippen LogP contribution in [0.15, 0.2) is 4.99 Å². The standard InChI is InChI=1S/C18H32N6O/c1-7-19-16(22-14-10-18(5,25-6)17(14,3)4)21-13-8-9-15-20-12(2)23-24(15)11-13/h13-14H,7-11H2,1-6H3,(H2,19,21,22).